The van der Waals surface area contributed by atoms with Gasteiger partial charge in [-0.15, -0.1) is 11.3 Å². The molecule has 0 N–H and O–H groups in total. The predicted molar refractivity (Wildman–Crippen MR) is 103 cm³/mol. The fraction of sp³-hybridized carbons (Fsp3) is 0.471. The highest BCUT2D eigenvalue weighted by Gasteiger charge is 2.25. The highest BCUT2D eigenvalue weighted by atomic mass is 79.9. The number of carbonyl (C=O) groups excluding carboxylic acids is 1. The first kappa shape index (κ1) is 18.0. The maximum Gasteiger partial charge on any atom is 0.270 e. The fourth-order valence-corrected chi connectivity index (χ4v) is 4.54. The van der Waals surface area contributed by atoms with Crippen LogP contribution in [0.1, 0.15) is 35.3 Å². The second-order valence-electron chi connectivity index (χ2n) is 6.32. The van der Waals surface area contributed by atoms with E-state index in [-0.39, 0.29) is 11.9 Å². The Morgan fingerprint density at radius 2 is 2.00 bits per heavy atom. The van der Waals surface area contributed by atoms with E-state index in [1.807, 2.05) is 27.8 Å². The third-order valence-electron chi connectivity index (χ3n) is 4.26. The number of thiophene rings is 1. The van der Waals surface area contributed by atoms with Crippen molar-refractivity contribution in [3.05, 3.63) is 43.8 Å². The predicted octanol–water partition coefficient (Wildman–Crippen LogP) is 4.50. The Morgan fingerprint density at radius 3 is 2.58 bits per heavy atom. The minimum absolute atomic E-state index is 0.119. The van der Waals surface area contributed by atoms with Crippen LogP contribution in [0.4, 0.5) is 0 Å². The number of rotatable bonds is 4. The molecule has 0 saturated carbocycles. The summed E-state index contributed by atoms with van der Waals surface area (Å²) in [4.78, 5) is 18.5. The lowest BCUT2D eigenvalue weighted by Gasteiger charge is -2.34. The van der Waals surface area contributed by atoms with Crippen LogP contribution in [-0.2, 0) is 6.54 Å². The van der Waals surface area contributed by atoms with E-state index >= 15 is 0 Å². The number of carbonyl (C=O) groups is 1. The van der Waals surface area contributed by atoms with E-state index in [0.717, 1.165) is 47.2 Å². The highest BCUT2D eigenvalue weighted by molar-refractivity contribution is 9.10. The molecule has 1 fully saturated rings. The molecule has 0 atom stereocenters. The highest BCUT2D eigenvalue weighted by Crippen LogP contribution is 2.24. The molecular weight excluding hydrogens is 410 g/mol. The average molecular weight is 431 g/mol. The first-order valence-corrected chi connectivity index (χ1v) is 10.1. The van der Waals surface area contributed by atoms with Gasteiger partial charge in [-0.05, 0) is 48.0 Å². The van der Waals surface area contributed by atoms with Gasteiger partial charge in [0.1, 0.15) is 5.69 Å². The van der Waals surface area contributed by atoms with Crippen LogP contribution in [0, 0.1) is 0 Å². The number of hydrogen-bond acceptors (Lipinski definition) is 3. The van der Waals surface area contributed by atoms with Crippen molar-refractivity contribution in [2.24, 2.45) is 0 Å². The van der Waals surface area contributed by atoms with Crippen molar-refractivity contribution >= 4 is 44.8 Å². The summed E-state index contributed by atoms with van der Waals surface area (Å²) in [6, 6.07) is 6.21. The van der Waals surface area contributed by atoms with Gasteiger partial charge in [-0.25, -0.2) is 0 Å². The number of amides is 1. The topological polar surface area (TPSA) is 28.5 Å². The van der Waals surface area contributed by atoms with Crippen molar-refractivity contribution in [2.45, 2.75) is 26.4 Å². The molecule has 1 aliphatic heterocycles. The van der Waals surface area contributed by atoms with Crippen molar-refractivity contribution < 1.29 is 4.79 Å². The van der Waals surface area contributed by atoms with Crippen molar-refractivity contribution in [2.75, 3.05) is 26.2 Å². The van der Waals surface area contributed by atoms with Crippen LogP contribution in [0.15, 0.2) is 28.9 Å². The Morgan fingerprint density at radius 1 is 1.29 bits per heavy atom. The molecule has 2 aromatic rings. The van der Waals surface area contributed by atoms with Gasteiger partial charge in [0, 0.05) is 54.3 Å². The molecule has 2 aromatic heterocycles. The molecule has 0 radical (unpaired) electrons. The molecule has 0 aliphatic carbocycles. The van der Waals surface area contributed by atoms with Crippen molar-refractivity contribution in [1.82, 2.24) is 14.4 Å². The fourth-order valence-electron chi connectivity index (χ4n) is 2.97. The summed E-state index contributed by atoms with van der Waals surface area (Å²) < 4.78 is 3.82. The smallest absolute Gasteiger partial charge is 0.270 e. The summed E-state index contributed by atoms with van der Waals surface area (Å²) in [6.45, 7) is 8.40. The summed E-state index contributed by atoms with van der Waals surface area (Å²) in [5, 5.41) is 0. The maximum atomic E-state index is 12.9. The number of halogens is 2. The van der Waals surface area contributed by atoms with Gasteiger partial charge in [-0.3, -0.25) is 9.69 Å². The van der Waals surface area contributed by atoms with Crippen LogP contribution in [-0.4, -0.2) is 46.5 Å². The third kappa shape index (κ3) is 4.04. The van der Waals surface area contributed by atoms with E-state index in [1.165, 1.54) is 4.88 Å². The molecule has 3 rings (SSSR count). The molecule has 0 unspecified atom stereocenters. The van der Waals surface area contributed by atoms with E-state index in [1.54, 1.807) is 11.3 Å². The maximum absolute atomic E-state index is 12.9. The molecular formula is C17H21BrClN3OS. The van der Waals surface area contributed by atoms with E-state index in [4.69, 9.17) is 11.6 Å². The van der Waals surface area contributed by atoms with E-state index in [2.05, 4.69) is 40.7 Å². The molecule has 1 amide bonds. The zero-order valence-electron chi connectivity index (χ0n) is 13.8. The number of aromatic nitrogens is 1. The molecule has 0 spiro atoms. The van der Waals surface area contributed by atoms with Gasteiger partial charge in [0.05, 0.1) is 4.34 Å². The molecule has 3 heterocycles. The Labute approximate surface area is 160 Å². The molecule has 24 heavy (non-hydrogen) atoms. The van der Waals surface area contributed by atoms with Crippen LogP contribution in [0.3, 0.4) is 0 Å². The number of nitrogens with zero attached hydrogens (tertiary/aromatic N) is 3. The van der Waals surface area contributed by atoms with Crippen LogP contribution >= 0.6 is 38.9 Å². The Kier molecular flexibility index (Phi) is 5.70. The van der Waals surface area contributed by atoms with Crippen LogP contribution < -0.4 is 0 Å². The number of hydrogen-bond donors (Lipinski definition) is 0. The summed E-state index contributed by atoms with van der Waals surface area (Å²) >= 11 is 11.1. The zero-order valence-corrected chi connectivity index (χ0v) is 17.0. The summed E-state index contributed by atoms with van der Waals surface area (Å²) in [5.41, 5.74) is 0.760. The van der Waals surface area contributed by atoms with Crippen molar-refractivity contribution in [3.8, 4) is 0 Å². The lowest BCUT2D eigenvalue weighted by molar-refractivity contribution is 0.0617. The summed E-state index contributed by atoms with van der Waals surface area (Å²) in [6.07, 6.45) is 1.98. The number of piperazine rings is 1. The van der Waals surface area contributed by atoms with E-state index in [9.17, 15) is 4.79 Å². The lowest BCUT2D eigenvalue weighted by Crippen LogP contribution is -2.48. The largest absolute Gasteiger partial charge is 0.340 e. The van der Waals surface area contributed by atoms with E-state index < -0.39 is 0 Å². The van der Waals surface area contributed by atoms with Crippen molar-refractivity contribution in [1.29, 1.82) is 0 Å². The molecule has 130 valence electrons. The Hall–Kier alpha value is -0.820. The normalized spacial score (nSPS) is 16.1. The van der Waals surface area contributed by atoms with Gasteiger partial charge in [0.2, 0.25) is 0 Å². The molecule has 1 saturated heterocycles. The minimum Gasteiger partial charge on any atom is -0.340 e. The van der Waals surface area contributed by atoms with Gasteiger partial charge in [0.15, 0.2) is 0 Å². The Bertz CT molecular complexity index is 719. The molecule has 1 aliphatic rings. The van der Waals surface area contributed by atoms with Gasteiger partial charge in [0.25, 0.3) is 5.91 Å². The van der Waals surface area contributed by atoms with Gasteiger partial charge in [-0.1, -0.05) is 11.6 Å². The first-order chi connectivity index (χ1) is 11.4. The van der Waals surface area contributed by atoms with Gasteiger partial charge >= 0.3 is 0 Å². The van der Waals surface area contributed by atoms with E-state index in [0.29, 0.717) is 0 Å². The molecule has 7 heteroatoms. The van der Waals surface area contributed by atoms with Gasteiger partial charge in [-0.2, -0.15) is 0 Å². The first-order valence-electron chi connectivity index (χ1n) is 8.07. The Balaban J connectivity index is 1.61. The molecule has 0 bridgehead atoms. The van der Waals surface area contributed by atoms with Crippen LogP contribution in [0.5, 0.6) is 0 Å². The zero-order chi connectivity index (χ0) is 17.3. The SMILES string of the molecule is CC(C)n1cc(Br)cc1C(=O)N1CCN(Cc2ccc(Cl)s2)CC1. The lowest BCUT2D eigenvalue weighted by atomic mass is 10.2. The molecule has 4 nitrogen and oxygen atoms in total. The minimum atomic E-state index is 0.119. The summed E-state index contributed by atoms with van der Waals surface area (Å²) in [7, 11) is 0. The third-order valence-corrected chi connectivity index (χ3v) is 5.91. The average Bonchev–Trinajstić information content (AvgIpc) is 3.13. The monoisotopic (exact) mass is 429 g/mol. The quantitative estimate of drug-likeness (QED) is 0.714. The second-order valence-corrected chi connectivity index (χ2v) is 9.03. The van der Waals surface area contributed by atoms with Crippen molar-refractivity contribution in [3.63, 3.8) is 0 Å². The molecule has 0 aromatic carbocycles. The summed E-state index contributed by atoms with van der Waals surface area (Å²) in [5.74, 6) is 0.119. The van der Waals surface area contributed by atoms with Crippen LogP contribution in [0.25, 0.3) is 0 Å². The standard InChI is InChI=1S/C17H21BrClN3OS/c1-12(2)22-10-13(18)9-15(22)17(23)21-7-5-20(6-8-21)11-14-3-4-16(19)24-14/h3-4,9-10,12H,5-8,11H2,1-2H3. The van der Waals surface area contributed by atoms with Crippen LogP contribution in [0.2, 0.25) is 4.34 Å². The van der Waals surface area contributed by atoms with Gasteiger partial charge < -0.3 is 9.47 Å². The second kappa shape index (κ2) is 7.60.